The molecule has 0 fully saturated rings. The monoisotopic (exact) mass is 403 g/mol. The molecule has 6 heteroatoms. The Kier molecular flexibility index (Phi) is 20.8. The third-order valence-electron chi connectivity index (χ3n) is 2.33. The number of rotatable bonds is 11. The second kappa shape index (κ2) is 18.3. The van der Waals surface area contributed by atoms with Crippen LogP contribution in [0, 0.1) is 0 Å². The normalized spacial score (nSPS) is 11.0. The highest BCUT2D eigenvalue weighted by Gasteiger charge is 1.96. The molecule has 0 aliphatic heterocycles. The molecule has 0 amide bonds. The summed E-state index contributed by atoms with van der Waals surface area (Å²) in [5.41, 5.74) is 0. The fraction of sp³-hybridized carbons (Fsp3) is 0.923. The predicted molar refractivity (Wildman–Crippen MR) is 98.1 cm³/mol. The maximum Gasteiger partial charge on any atom is 0.191 e. The minimum absolute atomic E-state index is 0. The number of hydrogen-bond acceptors (Lipinski definition) is 3. The third-order valence-corrected chi connectivity index (χ3v) is 3.03. The lowest BCUT2D eigenvalue weighted by molar-refractivity contribution is 0.146. The highest BCUT2D eigenvalue weighted by molar-refractivity contribution is 14.0. The van der Waals surface area contributed by atoms with Crippen LogP contribution >= 0.6 is 35.7 Å². The van der Waals surface area contributed by atoms with Gasteiger partial charge in [0.1, 0.15) is 0 Å². The lowest BCUT2D eigenvalue weighted by Gasteiger charge is -2.11. The van der Waals surface area contributed by atoms with Crippen LogP contribution in [0.25, 0.3) is 0 Å². The van der Waals surface area contributed by atoms with Gasteiger partial charge in [0.2, 0.25) is 0 Å². The van der Waals surface area contributed by atoms with E-state index in [4.69, 9.17) is 4.74 Å². The summed E-state index contributed by atoms with van der Waals surface area (Å²) in [6.07, 6.45) is 5.59. The molecule has 0 atom stereocenters. The summed E-state index contributed by atoms with van der Waals surface area (Å²) in [6.45, 7) is 8.42. The molecule has 0 unspecified atom stereocenters. The van der Waals surface area contributed by atoms with E-state index in [1.54, 1.807) is 0 Å². The van der Waals surface area contributed by atoms with Crippen molar-refractivity contribution in [3.8, 4) is 0 Å². The summed E-state index contributed by atoms with van der Waals surface area (Å²) < 4.78 is 5.29. The molecule has 0 saturated carbocycles. The van der Waals surface area contributed by atoms with Crippen molar-refractivity contribution < 1.29 is 4.74 Å². The zero-order valence-electron chi connectivity index (χ0n) is 12.5. The van der Waals surface area contributed by atoms with Gasteiger partial charge in [-0.05, 0) is 45.1 Å². The first-order chi connectivity index (χ1) is 8.85. The van der Waals surface area contributed by atoms with Crippen LogP contribution in [0.5, 0.6) is 0 Å². The van der Waals surface area contributed by atoms with Crippen molar-refractivity contribution in [3.05, 3.63) is 0 Å². The maximum absolute atomic E-state index is 5.29. The van der Waals surface area contributed by atoms with Crippen LogP contribution in [0.15, 0.2) is 4.99 Å². The number of guanidine groups is 1. The van der Waals surface area contributed by atoms with Gasteiger partial charge in [-0.1, -0.05) is 0 Å². The van der Waals surface area contributed by atoms with Crippen LogP contribution in [-0.4, -0.2) is 50.8 Å². The molecule has 0 rings (SSSR count). The summed E-state index contributed by atoms with van der Waals surface area (Å²) in [6, 6.07) is 0. The summed E-state index contributed by atoms with van der Waals surface area (Å²) in [5, 5.41) is 6.62. The van der Waals surface area contributed by atoms with E-state index >= 15 is 0 Å². The quantitative estimate of drug-likeness (QED) is 0.241. The van der Waals surface area contributed by atoms with Crippen molar-refractivity contribution in [1.29, 1.82) is 0 Å². The van der Waals surface area contributed by atoms with E-state index in [1.165, 1.54) is 18.6 Å². The molecular formula is C13H30IN3OS. The van der Waals surface area contributed by atoms with Gasteiger partial charge in [0, 0.05) is 32.8 Å². The van der Waals surface area contributed by atoms with E-state index in [0.29, 0.717) is 0 Å². The van der Waals surface area contributed by atoms with Gasteiger partial charge in [0.25, 0.3) is 0 Å². The van der Waals surface area contributed by atoms with Crippen LogP contribution in [0.2, 0.25) is 0 Å². The zero-order valence-corrected chi connectivity index (χ0v) is 15.7. The summed E-state index contributed by atoms with van der Waals surface area (Å²) in [7, 11) is 0. The van der Waals surface area contributed by atoms with Gasteiger partial charge in [0.15, 0.2) is 5.96 Å². The molecule has 0 heterocycles. The van der Waals surface area contributed by atoms with Crippen LogP contribution in [0.3, 0.4) is 0 Å². The third kappa shape index (κ3) is 16.3. The van der Waals surface area contributed by atoms with Crippen molar-refractivity contribution in [1.82, 2.24) is 10.6 Å². The second-order valence-electron chi connectivity index (χ2n) is 3.94. The number of aliphatic imine (C=N–C) groups is 1. The number of nitrogens with one attached hydrogen (secondary N) is 2. The minimum Gasteiger partial charge on any atom is -0.382 e. The standard InChI is InChI=1S/C13H29N3OS.HI/c1-4-14-13(15-9-6-7-12-18-3)16-10-8-11-17-5-2;/h4-12H2,1-3H3,(H2,14,15,16);1H. The number of ether oxygens (including phenoxy) is 1. The van der Waals surface area contributed by atoms with Gasteiger partial charge in [0.05, 0.1) is 0 Å². The average molecular weight is 403 g/mol. The number of nitrogens with zero attached hydrogens (tertiary/aromatic N) is 1. The first kappa shape index (κ1) is 21.6. The molecule has 4 nitrogen and oxygen atoms in total. The largest absolute Gasteiger partial charge is 0.382 e. The first-order valence-electron chi connectivity index (χ1n) is 6.94. The number of thioether (sulfide) groups is 1. The van der Waals surface area contributed by atoms with Crippen molar-refractivity contribution in [2.75, 3.05) is 44.9 Å². The molecule has 0 aromatic rings. The van der Waals surface area contributed by atoms with Crippen molar-refractivity contribution >= 4 is 41.7 Å². The Labute approximate surface area is 139 Å². The molecule has 19 heavy (non-hydrogen) atoms. The van der Waals surface area contributed by atoms with E-state index in [0.717, 1.165) is 45.2 Å². The van der Waals surface area contributed by atoms with Crippen LogP contribution < -0.4 is 10.6 Å². The smallest absolute Gasteiger partial charge is 0.191 e. The van der Waals surface area contributed by atoms with E-state index in [1.807, 2.05) is 18.7 Å². The van der Waals surface area contributed by atoms with Gasteiger partial charge < -0.3 is 15.4 Å². The molecule has 0 bridgehead atoms. The number of hydrogen-bond donors (Lipinski definition) is 2. The predicted octanol–water partition coefficient (Wildman–Crippen LogP) is 2.73. The Morgan fingerprint density at radius 2 is 1.95 bits per heavy atom. The van der Waals surface area contributed by atoms with E-state index in [-0.39, 0.29) is 24.0 Å². The van der Waals surface area contributed by atoms with Crippen molar-refractivity contribution in [2.24, 2.45) is 4.99 Å². The summed E-state index contributed by atoms with van der Waals surface area (Å²) >= 11 is 1.90. The Hall–Kier alpha value is 0.310. The van der Waals surface area contributed by atoms with Crippen molar-refractivity contribution in [3.63, 3.8) is 0 Å². The molecule has 0 aromatic heterocycles. The Morgan fingerprint density at radius 1 is 1.16 bits per heavy atom. The maximum atomic E-state index is 5.29. The molecule has 0 aromatic carbocycles. The average Bonchev–Trinajstić information content (AvgIpc) is 2.38. The summed E-state index contributed by atoms with van der Waals surface area (Å²) in [4.78, 5) is 4.51. The fourth-order valence-corrected chi connectivity index (χ4v) is 1.91. The molecule has 0 radical (unpaired) electrons. The molecule has 0 saturated heterocycles. The van der Waals surface area contributed by atoms with Crippen molar-refractivity contribution in [2.45, 2.75) is 33.1 Å². The van der Waals surface area contributed by atoms with Crippen LogP contribution in [0.1, 0.15) is 33.1 Å². The van der Waals surface area contributed by atoms with Gasteiger partial charge in [-0.25, -0.2) is 0 Å². The molecule has 0 aliphatic rings. The molecule has 2 N–H and O–H groups in total. The Morgan fingerprint density at radius 3 is 2.58 bits per heavy atom. The first-order valence-corrected chi connectivity index (χ1v) is 8.33. The summed E-state index contributed by atoms with van der Waals surface area (Å²) in [5.74, 6) is 2.17. The van der Waals surface area contributed by atoms with Gasteiger partial charge in [-0.15, -0.1) is 24.0 Å². The van der Waals surface area contributed by atoms with Gasteiger partial charge in [-0.3, -0.25) is 4.99 Å². The molecule has 116 valence electrons. The van der Waals surface area contributed by atoms with E-state index < -0.39 is 0 Å². The Balaban J connectivity index is 0. The molecule has 0 aliphatic carbocycles. The lowest BCUT2D eigenvalue weighted by atomic mass is 10.3. The highest BCUT2D eigenvalue weighted by atomic mass is 127. The van der Waals surface area contributed by atoms with Gasteiger partial charge >= 0.3 is 0 Å². The molecular weight excluding hydrogens is 373 g/mol. The zero-order chi connectivity index (χ0) is 13.5. The topological polar surface area (TPSA) is 45.7 Å². The number of halogens is 1. The van der Waals surface area contributed by atoms with Crippen LogP contribution in [0.4, 0.5) is 0 Å². The lowest BCUT2D eigenvalue weighted by Crippen LogP contribution is -2.37. The Bertz CT molecular complexity index is 206. The SMILES string of the molecule is CCNC(=NCCCOCC)NCCCCSC.I. The highest BCUT2D eigenvalue weighted by Crippen LogP contribution is 1.97. The number of unbranched alkanes of at least 4 members (excludes halogenated alkanes) is 1. The van der Waals surface area contributed by atoms with Gasteiger partial charge in [-0.2, -0.15) is 11.8 Å². The fourth-order valence-electron chi connectivity index (χ4n) is 1.42. The minimum atomic E-state index is 0. The van der Waals surface area contributed by atoms with Crippen LogP contribution in [-0.2, 0) is 4.74 Å². The van der Waals surface area contributed by atoms with E-state index in [2.05, 4.69) is 28.8 Å². The van der Waals surface area contributed by atoms with E-state index in [9.17, 15) is 0 Å². The molecule has 0 spiro atoms. The second-order valence-corrected chi connectivity index (χ2v) is 4.92.